The van der Waals surface area contributed by atoms with E-state index in [1.165, 1.54) is 12.1 Å². The van der Waals surface area contributed by atoms with Crippen LogP contribution in [0, 0.1) is 0 Å². The summed E-state index contributed by atoms with van der Waals surface area (Å²) in [4.78, 5) is 0.197. The van der Waals surface area contributed by atoms with Gasteiger partial charge < -0.3 is 18.9 Å². The van der Waals surface area contributed by atoms with Gasteiger partial charge in [0.25, 0.3) is 0 Å². The Hall–Kier alpha value is -2.94. The van der Waals surface area contributed by atoms with Gasteiger partial charge in [0.15, 0.2) is 23.0 Å². The minimum Gasteiger partial charge on any atom is -0.493 e. The molecule has 0 N–H and O–H groups in total. The molecule has 1 heterocycles. The highest BCUT2D eigenvalue weighted by atomic mass is 35.5. The third kappa shape index (κ3) is 4.91. The van der Waals surface area contributed by atoms with Gasteiger partial charge in [-0.05, 0) is 78.1 Å². The Bertz CT molecular complexity index is 1310. The number of nitrogens with zero attached hydrogens (tertiary/aromatic N) is 1. The molecule has 1 unspecified atom stereocenters. The summed E-state index contributed by atoms with van der Waals surface area (Å²) < 4.78 is 51.0. The molecule has 0 spiro atoms. The van der Waals surface area contributed by atoms with E-state index in [0.717, 1.165) is 16.7 Å². The number of hydrogen-bond acceptors (Lipinski definition) is 6. The molecule has 35 heavy (non-hydrogen) atoms. The van der Waals surface area contributed by atoms with Crippen LogP contribution in [0.15, 0.2) is 59.5 Å². The fourth-order valence-corrected chi connectivity index (χ4v) is 6.21. The Balaban J connectivity index is 1.83. The van der Waals surface area contributed by atoms with Gasteiger partial charge in [0, 0.05) is 11.6 Å². The number of methoxy groups -OCH3 is 4. The molecule has 9 heteroatoms. The third-order valence-corrected chi connectivity index (χ3v) is 8.43. The smallest absolute Gasteiger partial charge is 0.243 e. The number of benzene rings is 3. The van der Waals surface area contributed by atoms with Crippen molar-refractivity contribution in [2.75, 3.05) is 35.0 Å². The predicted octanol–water partition coefficient (Wildman–Crippen LogP) is 4.91. The maximum atomic E-state index is 13.8. The first-order chi connectivity index (χ1) is 16.8. The zero-order valence-electron chi connectivity index (χ0n) is 20.1. The van der Waals surface area contributed by atoms with Crippen molar-refractivity contribution in [3.8, 4) is 23.0 Å². The highest BCUT2D eigenvalue weighted by Crippen LogP contribution is 2.42. The molecule has 1 aliphatic rings. The van der Waals surface area contributed by atoms with E-state index in [1.54, 1.807) is 44.9 Å². The average Bonchev–Trinajstić information content (AvgIpc) is 2.87. The largest absolute Gasteiger partial charge is 0.493 e. The minimum absolute atomic E-state index is 0.197. The van der Waals surface area contributed by atoms with Crippen LogP contribution in [0.2, 0.25) is 5.02 Å². The summed E-state index contributed by atoms with van der Waals surface area (Å²) in [6.07, 6.45) is 0.973. The number of fused-ring (bicyclic) bond motifs is 1. The molecule has 0 saturated carbocycles. The number of hydrogen-bond donors (Lipinski definition) is 0. The van der Waals surface area contributed by atoms with Crippen molar-refractivity contribution in [3.05, 3.63) is 76.3 Å². The van der Waals surface area contributed by atoms with Crippen molar-refractivity contribution >= 4 is 21.6 Å². The lowest BCUT2D eigenvalue weighted by Gasteiger charge is -2.37. The molecule has 3 aromatic rings. The van der Waals surface area contributed by atoms with Crippen molar-refractivity contribution in [3.63, 3.8) is 0 Å². The number of ether oxygens (including phenoxy) is 4. The monoisotopic (exact) mass is 517 g/mol. The van der Waals surface area contributed by atoms with Crippen LogP contribution in [0.1, 0.15) is 22.7 Å². The maximum absolute atomic E-state index is 13.8. The predicted molar refractivity (Wildman–Crippen MR) is 135 cm³/mol. The quantitative estimate of drug-likeness (QED) is 0.423. The summed E-state index contributed by atoms with van der Waals surface area (Å²) in [6, 6.07) is 15.2. The van der Waals surface area contributed by atoms with Crippen molar-refractivity contribution in [2.45, 2.75) is 23.8 Å². The zero-order chi connectivity index (χ0) is 25.2. The standard InChI is InChI=1S/C26H28ClNO6S/c1-31-23-10-5-17(14-24(23)32-2)13-22-21-16-26(34-4)25(33-3)15-18(21)11-12-28(22)35(29,30)20-8-6-19(27)7-9-20/h5-10,14-16,22H,11-13H2,1-4H3. The molecule has 4 rings (SSSR count). The number of halogens is 1. The highest BCUT2D eigenvalue weighted by molar-refractivity contribution is 7.89. The Morgan fingerprint density at radius 1 is 0.829 bits per heavy atom. The van der Waals surface area contributed by atoms with Crippen LogP contribution in [0.3, 0.4) is 0 Å². The molecule has 0 saturated heterocycles. The molecule has 1 atom stereocenters. The highest BCUT2D eigenvalue weighted by Gasteiger charge is 2.37. The van der Waals surface area contributed by atoms with Crippen molar-refractivity contribution in [1.82, 2.24) is 4.31 Å². The minimum atomic E-state index is -3.81. The molecule has 0 aromatic heterocycles. The van der Waals surface area contributed by atoms with Gasteiger partial charge in [0.1, 0.15) is 0 Å². The Labute approximate surface area is 211 Å². The second-order valence-corrected chi connectivity index (χ2v) is 10.5. The van der Waals surface area contributed by atoms with Gasteiger partial charge in [-0.25, -0.2) is 8.42 Å². The van der Waals surface area contributed by atoms with Gasteiger partial charge in [-0.3, -0.25) is 0 Å². The van der Waals surface area contributed by atoms with E-state index in [2.05, 4.69) is 0 Å². The van der Waals surface area contributed by atoms with Crippen molar-refractivity contribution in [1.29, 1.82) is 0 Å². The maximum Gasteiger partial charge on any atom is 0.243 e. The summed E-state index contributed by atoms with van der Waals surface area (Å²) in [5.41, 5.74) is 2.81. The van der Waals surface area contributed by atoms with Gasteiger partial charge in [-0.1, -0.05) is 17.7 Å². The molecule has 0 radical (unpaired) electrons. The van der Waals surface area contributed by atoms with Crippen LogP contribution in [-0.2, 0) is 22.9 Å². The van der Waals surface area contributed by atoms with E-state index < -0.39 is 16.1 Å². The molecule has 0 fully saturated rings. The summed E-state index contributed by atoms with van der Waals surface area (Å²) in [6.45, 7) is 0.325. The summed E-state index contributed by atoms with van der Waals surface area (Å²) >= 11 is 6.01. The molecule has 0 aliphatic carbocycles. The first-order valence-electron chi connectivity index (χ1n) is 11.1. The van der Waals surface area contributed by atoms with Crippen LogP contribution in [0.5, 0.6) is 23.0 Å². The summed E-state index contributed by atoms with van der Waals surface area (Å²) in [7, 11) is 2.50. The van der Waals surface area contributed by atoms with E-state index in [9.17, 15) is 8.42 Å². The van der Waals surface area contributed by atoms with Crippen LogP contribution in [-0.4, -0.2) is 47.7 Å². The molecule has 0 amide bonds. The fourth-order valence-electron chi connectivity index (χ4n) is 4.48. The van der Waals surface area contributed by atoms with Gasteiger partial charge in [0.2, 0.25) is 10.0 Å². The van der Waals surface area contributed by atoms with Crippen LogP contribution in [0.25, 0.3) is 0 Å². The summed E-state index contributed by atoms with van der Waals surface area (Å²) in [5, 5.41) is 0.478. The topological polar surface area (TPSA) is 74.3 Å². The number of sulfonamides is 1. The van der Waals surface area contributed by atoms with E-state index in [1.807, 2.05) is 30.3 Å². The van der Waals surface area contributed by atoms with Crippen LogP contribution < -0.4 is 18.9 Å². The first kappa shape index (κ1) is 25.2. The lowest BCUT2D eigenvalue weighted by molar-refractivity contribution is 0.300. The Kier molecular flexibility index (Phi) is 7.44. The normalized spacial score (nSPS) is 15.9. The van der Waals surface area contributed by atoms with Gasteiger partial charge >= 0.3 is 0 Å². The molecule has 0 bridgehead atoms. The number of rotatable bonds is 8. The van der Waals surface area contributed by atoms with Crippen LogP contribution >= 0.6 is 11.6 Å². The van der Waals surface area contributed by atoms with Crippen LogP contribution in [0.4, 0.5) is 0 Å². The van der Waals surface area contributed by atoms with E-state index >= 15 is 0 Å². The van der Waals surface area contributed by atoms with E-state index in [4.69, 9.17) is 30.5 Å². The van der Waals surface area contributed by atoms with E-state index in [0.29, 0.717) is 47.4 Å². The average molecular weight is 518 g/mol. The Morgan fingerprint density at radius 2 is 1.43 bits per heavy atom. The van der Waals surface area contributed by atoms with Crippen molar-refractivity contribution in [2.24, 2.45) is 0 Å². The third-order valence-electron chi connectivity index (χ3n) is 6.25. The van der Waals surface area contributed by atoms with Gasteiger partial charge in [0.05, 0.1) is 39.4 Å². The van der Waals surface area contributed by atoms with E-state index in [-0.39, 0.29) is 4.90 Å². The first-order valence-corrected chi connectivity index (χ1v) is 12.9. The Morgan fingerprint density at radius 3 is 2.06 bits per heavy atom. The van der Waals surface area contributed by atoms with Crippen molar-refractivity contribution < 1.29 is 27.4 Å². The van der Waals surface area contributed by atoms with Gasteiger partial charge in [-0.15, -0.1) is 0 Å². The SMILES string of the molecule is COc1ccc(CC2c3cc(OC)c(OC)cc3CCN2S(=O)(=O)c2ccc(Cl)cc2)cc1OC. The van der Waals surface area contributed by atoms with Gasteiger partial charge in [-0.2, -0.15) is 4.31 Å². The molecule has 7 nitrogen and oxygen atoms in total. The molecule has 3 aromatic carbocycles. The fraction of sp³-hybridized carbons (Fsp3) is 0.308. The second-order valence-electron chi connectivity index (χ2n) is 8.13. The molecular formula is C26H28ClNO6S. The lowest BCUT2D eigenvalue weighted by atomic mass is 9.89. The molecular weight excluding hydrogens is 490 g/mol. The summed E-state index contributed by atoms with van der Waals surface area (Å²) in [5.74, 6) is 2.36. The molecule has 186 valence electrons. The molecule has 1 aliphatic heterocycles. The lowest BCUT2D eigenvalue weighted by Crippen LogP contribution is -2.41. The zero-order valence-corrected chi connectivity index (χ0v) is 21.7. The second kappa shape index (κ2) is 10.4.